The van der Waals surface area contributed by atoms with Crippen molar-refractivity contribution in [1.29, 1.82) is 0 Å². The van der Waals surface area contributed by atoms with Crippen LogP contribution in [0.5, 0.6) is 5.75 Å². The van der Waals surface area contributed by atoms with Crippen molar-refractivity contribution in [2.45, 2.75) is 20.8 Å². The maximum Gasteiger partial charge on any atom is 0.216 e. The van der Waals surface area contributed by atoms with Crippen molar-refractivity contribution in [1.82, 2.24) is 4.98 Å². The van der Waals surface area contributed by atoms with Crippen molar-refractivity contribution in [3.8, 4) is 5.75 Å². The minimum atomic E-state index is -0.260. The summed E-state index contributed by atoms with van der Waals surface area (Å²) in [5.41, 5.74) is 2.23. The first-order valence-electron chi connectivity index (χ1n) is 6.62. The summed E-state index contributed by atoms with van der Waals surface area (Å²) in [6, 6.07) is 4.78. The van der Waals surface area contributed by atoms with E-state index in [1.807, 2.05) is 0 Å². The molecule has 0 aliphatic carbocycles. The standard InChI is InChI=1S/C16H15Cl2NO3/c1-8-15(10(3)20)9(2)19-16(8)13(21)7-22-14-6-11(17)4-5-12(14)18/h4-6,19H,7H2,1-3H3. The first-order chi connectivity index (χ1) is 10.3. The number of carbonyl (C=O) groups excluding carboxylic acids is 2. The number of ether oxygens (including phenoxy) is 1. The quantitative estimate of drug-likeness (QED) is 0.821. The van der Waals surface area contributed by atoms with Crippen LogP contribution in [0, 0.1) is 13.8 Å². The van der Waals surface area contributed by atoms with E-state index in [-0.39, 0.29) is 18.2 Å². The zero-order chi connectivity index (χ0) is 16.4. The van der Waals surface area contributed by atoms with E-state index in [1.54, 1.807) is 32.0 Å². The summed E-state index contributed by atoms with van der Waals surface area (Å²) < 4.78 is 5.43. The largest absolute Gasteiger partial charge is 0.484 e. The number of ketones is 2. The topological polar surface area (TPSA) is 59.2 Å². The average Bonchev–Trinajstić information content (AvgIpc) is 2.74. The molecular formula is C16H15Cl2NO3. The Morgan fingerprint density at radius 1 is 1.23 bits per heavy atom. The average molecular weight is 340 g/mol. The molecule has 0 radical (unpaired) electrons. The summed E-state index contributed by atoms with van der Waals surface area (Å²) in [5, 5.41) is 0.846. The highest BCUT2D eigenvalue weighted by atomic mass is 35.5. The Balaban J connectivity index is 2.18. The Morgan fingerprint density at radius 2 is 1.91 bits per heavy atom. The molecule has 0 aliphatic heterocycles. The van der Waals surface area contributed by atoms with Crippen molar-refractivity contribution < 1.29 is 14.3 Å². The van der Waals surface area contributed by atoms with Crippen molar-refractivity contribution in [2.24, 2.45) is 0 Å². The highest BCUT2D eigenvalue weighted by Crippen LogP contribution is 2.28. The highest BCUT2D eigenvalue weighted by molar-refractivity contribution is 6.34. The van der Waals surface area contributed by atoms with Crippen LogP contribution in [0.25, 0.3) is 0 Å². The van der Waals surface area contributed by atoms with Crippen LogP contribution < -0.4 is 4.74 Å². The summed E-state index contributed by atoms with van der Waals surface area (Å²) in [5.74, 6) is 0.00323. The number of aromatic nitrogens is 1. The van der Waals surface area contributed by atoms with Crippen LogP contribution in [0.2, 0.25) is 10.0 Å². The van der Waals surface area contributed by atoms with Gasteiger partial charge in [-0.25, -0.2) is 0 Å². The fraction of sp³-hybridized carbons (Fsp3) is 0.250. The lowest BCUT2D eigenvalue weighted by Crippen LogP contribution is -2.13. The molecule has 1 heterocycles. The van der Waals surface area contributed by atoms with Gasteiger partial charge in [-0.15, -0.1) is 0 Å². The number of hydrogen-bond acceptors (Lipinski definition) is 3. The van der Waals surface area contributed by atoms with Gasteiger partial charge in [-0.05, 0) is 38.5 Å². The summed E-state index contributed by atoms with van der Waals surface area (Å²) in [4.78, 5) is 26.8. The van der Waals surface area contributed by atoms with E-state index < -0.39 is 0 Å². The van der Waals surface area contributed by atoms with Crippen molar-refractivity contribution in [3.63, 3.8) is 0 Å². The van der Waals surface area contributed by atoms with E-state index in [4.69, 9.17) is 27.9 Å². The normalized spacial score (nSPS) is 10.6. The second-order valence-corrected chi connectivity index (χ2v) is 5.81. The van der Waals surface area contributed by atoms with Gasteiger partial charge in [0, 0.05) is 22.3 Å². The van der Waals surface area contributed by atoms with Gasteiger partial charge in [0.05, 0.1) is 10.7 Å². The molecule has 0 saturated heterocycles. The number of rotatable bonds is 5. The summed E-state index contributed by atoms with van der Waals surface area (Å²) in [6.07, 6.45) is 0. The fourth-order valence-electron chi connectivity index (χ4n) is 2.36. The molecule has 1 N–H and O–H groups in total. The van der Waals surface area contributed by atoms with E-state index in [2.05, 4.69) is 4.98 Å². The molecule has 0 spiro atoms. The number of Topliss-reactive ketones (excluding diaryl/α,β-unsaturated/α-hetero) is 2. The van der Waals surface area contributed by atoms with Gasteiger partial charge < -0.3 is 9.72 Å². The minimum Gasteiger partial charge on any atom is -0.484 e. The molecule has 0 saturated carbocycles. The molecule has 0 atom stereocenters. The van der Waals surface area contributed by atoms with Crippen LogP contribution in [0.3, 0.4) is 0 Å². The second-order valence-electron chi connectivity index (χ2n) is 4.97. The molecule has 22 heavy (non-hydrogen) atoms. The maximum absolute atomic E-state index is 12.3. The molecule has 0 aliphatic rings. The number of carbonyl (C=O) groups is 2. The predicted molar refractivity (Wildman–Crippen MR) is 86.6 cm³/mol. The Labute approximate surface area is 138 Å². The number of hydrogen-bond donors (Lipinski definition) is 1. The van der Waals surface area contributed by atoms with E-state index in [9.17, 15) is 9.59 Å². The van der Waals surface area contributed by atoms with Crippen LogP contribution in [-0.2, 0) is 0 Å². The predicted octanol–water partition coefficient (Wildman–Crippen LogP) is 4.40. The Morgan fingerprint density at radius 3 is 2.50 bits per heavy atom. The molecule has 6 heteroatoms. The molecule has 2 rings (SSSR count). The number of benzene rings is 1. The van der Waals surface area contributed by atoms with Gasteiger partial charge in [-0.1, -0.05) is 23.2 Å². The first-order valence-corrected chi connectivity index (χ1v) is 7.38. The molecule has 2 aromatic rings. The summed E-state index contributed by atoms with van der Waals surface area (Å²) in [6.45, 7) is 4.77. The Hall–Kier alpha value is -1.78. The van der Waals surface area contributed by atoms with Crippen LogP contribution in [-0.4, -0.2) is 23.2 Å². The van der Waals surface area contributed by atoms with Gasteiger partial charge in [-0.2, -0.15) is 0 Å². The Kier molecular flexibility index (Phi) is 4.94. The number of H-pyrrole nitrogens is 1. The molecule has 0 unspecified atom stereocenters. The van der Waals surface area contributed by atoms with Crippen LogP contribution in [0.15, 0.2) is 18.2 Å². The van der Waals surface area contributed by atoms with Gasteiger partial charge in [0.2, 0.25) is 5.78 Å². The van der Waals surface area contributed by atoms with Gasteiger partial charge >= 0.3 is 0 Å². The van der Waals surface area contributed by atoms with Crippen LogP contribution in [0.4, 0.5) is 0 Å². The lowest BCUT2D eigenvalue weighted by atomic mass is 10.1. The van der Waals surface area contributed by atoms with Gasteiger partial charge in [0.25, 0.3) is 0 Å². The number of halogens is 2. The summed E-state index contributed by atoms with van der Waals surface area (Å²) >= 11 is 11.8. The van der Waals surface area contributed by atoms with Crippen molar-refractivity contribution >= 4 is 34.8 Å². The Bertz CT molecular complexity index is 750. The molecule has 0 fully saturated rings. The molecule has 0 amide bonds. The number of aryl methyl sites for hydroxylation is 1. The van der Waals surface area contributed by atoms with Crippen molar-refractivity contribution in [3.05, 3.63) is 50.8 Å². The van der Waals surface area contributed by atoms with E-state index in [1.165, 1.54) is 6.92 Å². The van der Waals surface area contributed by atoms with Crippen LogP contribution >= 0.6 is 23.2 Å². The molecule has 4 nitrogen and oxygen atoms in total. The van der Waals surface area contributed by atoms with Gasteiger partial charge in [0.15, 0.2) is 12.4 Å². The van der Waals surface area contributed by atoms with Crippen molar-refractivity contribution in [2.75, 3.05) is 6.61 Å². The second kappa shape index (κ2) is 6.55. The lowest BCUT2D eigenvalue weighted by molar-refractivity contribution is 0.0916. The number of aromatic amines is 1. The number of nitrogens with one attached hydrogen (secondary N) is 1. The molecule has 1 aromatic carbocycles. The SMILES string of the molecule is CC(=O)c1c(C)[nH]c(C(=O)COc2cc(Cl)ccc2Cl)c1C. The third-order valence-corrected chi connectivity index (χ3v) is 3.87. The zero-order valence-corrected chi connectivity index (χ0v) is 13.9. The molecule has 1 aromatic heterocycles. The zero-order valence-electron chi connectivity index (χ0n) is 12.4. The first kappa shape index (κ1) is 16.6. The smallest absolute Gasteiger partial charge is 0.216 e. The minimum absolute atomic E-state index is 0.0795. The van der Waals surface area contributed by atoms with Gasteiger partial charge in [0.1, 0.15) is 5.75 Å². The highest BCUT2D eigenvalue weighted by Gasteiger charge is 2.20. The van der Waals surface area contributed by atoms with E-state index in [0.29, 0.717) is 38.3 Å². The fourth-order valence-corrected chi connectivity index (χ4v) is 2.69. The molecule has 0 bridgehead atoms. The monoisotopic (exact) mass is 339 g/mol. The molecule has 116 valence electrons. The van der Waals surface area contributed by atoms with Crippen LogP contribution in [0.1, 0.15) is 39.0 Å². The van der Waals surface area contributed by atoms with Gasteiger partial charge in [-0.3, -0.25) is 9.59 Å². The maximum atomic E-state index is 12.3. The lowest BCUT2D eigenvalue weighted by Gasteiger charge is -2.07. The molecular weight excluding hydrogens is 325 g/mol. The van der Waals surface area contributed by atoms with E-state index >= 15 is 0 Å². The third-order valence-electron chi connectivity index (χ3n) is 3.32. The summed E-state index contributed by atoms with van der Waals surface area (Å²) in [7, 11) is 0. The van der Waals surface area contributed by atoms with E-state index in [0.717, 1.165) is 0 Å². The third kappa shape index (κ3) is 3.34.